The van der Waals surface area contributed by atoms with Crippen LogP contribution in [0.2, 0.25) is 0 Å². The Morgan fingerprint density at radius 2 is 1.76 bits per heavy atom. The van der Waals surface area contributed by atoms with Crippen LogP contribution in [0.5, 0.6) is 0 Å². The zero-order chi connectivity index (χ0) is 12.4. The normalized spacial score (nSPS) is 10.3. The van der Waals surface area contributed by atoms with Crippen molar-refractivity contribution in [3.63, 3.8) is 0 Å². The second-order valence-electron chi connectivity index (χ2n) is 3.49. The molecule has 0 aliphatic rings. The molecule has 17 heavy (non-hydrogen) atoms. The van der Waals surface area contributed by atoms with Gasteiger partial charge in [-0.3, -0.25) is 4.79 Å². The third kappa shape index (κ3) is 2.20. The molecule has 2 aromatic carbocycles. The van der Waals surface area contributed by atoms with Gasteiger partial charge in [-0.15, -0.1) is 0 Å². The van der Waals surface area contributed by atoms with Crippen LogP contribution in [0.3, 0.4) is 0 Å². The molecule has 0 unspecified atom stereocenters. The summed E-state index contributed by atoms with van der Waals surface area (Å²) in [7, 11) is 0. The van der Waals surface area contributed by atoms with Gasteiger partial charge in [-0.1, -0.05) is 18.2 Å². The molecule has 86 valence electrons. The Hall–Kier alpha value is -2.10. The van der Waals surface area contributed by atoms with E-state index in [9.17, 15) is 18.0 Å². The van der Waals surface area contributed by atoms with E-state index in [0.29, 0.717) is 17.9 Å². The van der Waals surface area contributed by atoms with Gasteiger partial charge in [0.25, 0.3) is 0 Å². The van der Waals surface area contributed by atoms with Crippen LogP contribution in [-0.4, -0.2) is 6.29 Å². The molecule has 0 saturated heterocycles. The molecular formula is C13H7F3O. The first kappa shape index (κ1) is 11.4. The number of carbonyl (C=O) groups is 1. The first-order valence-electron chi connectivity index (χ1n) is 4.82. The highest BCUT2D eigenvalue weighted by Gasteiger charge is 2.12. The second kappa shape index (κ2) is 4.41. The van der Waals surface area contributed by atoms with E-state index in [1.165, 1.54) is 24.3 Å². The van der Waals surface area contributed by atoms with Crippen molar-refractivity contribution in [1.82, 2.24) is 0 Å². The van der Waals surface area contributed by atoms with E-state index in [1.807, 2.05) is 0 Å². The first-order chi connectivity index (χ1) is 8.11. The van der Waals surface area contributed by atoms with Crippen molar-refractivity contribution < 1.29 is 18.0 Å². The fourth-order valence-electron chi connectivity index (χ4n) is 1.55. The molecule has 2 aromatic rings. The Morgan fingerprint density at radius 3 is 2.47 bits per heavy atom. The maximum atomic E-state index is 13.5. The monoisotopic (exact) mass is 236 g/mol. The molecule has 1 nitrogen and oxygen atoms in total. The fourth-order valence-corrected chi connectivity index (χ4v) is 1.55. The van der Waals surface area contributed by atoms with Gasteiger partial charge in [-0.2, -0.15) is 0 Å². The highest BCUT2D eigenvalue weighted by Crippen LogP contribution is 2.26. The maximum absolute atomic E-state index is 13.5. The van der Waals surface area contributed by atoms with Crippen molar-refractivity contribution in [2.45, 2.75) is 0 Å². The Labute approximate surface area is 95.5 Å². The molecule has 0 saturated carbocycles. The molecule has 0 heterocycles. The second-order valence-corrected chi connectivity index (χ2v) is 3.49. The lowest BCUT2D eigenvalue weighted by Gasteiger charge is -2.05. The number of rotatable bonds is 2. The van der Waals surface area contributed by atoms with Crippen LogP contribution >= 0.6 is 0 Å². The number of carbonyl (C=O) groups excluding carboxylic acids is 1. The number of aldehydes is 1. The van der Waals surface area contributed by atoms with Crippen molar-refractivity contribution in [3.8, 4) is 11.1 Å². The minimum Gasteiger partial charge on any atom is -0.298 e. The predicted molar refractivity (Wildman–Crippen MR) is 57.1 cm³/mol. The smallest absolute Gasteiger partial charge is 0.166 e. The molecule has 4 heteroatoms. The SMILES string of the molecule is O=Cc1cccc(-c2cc(F)cc(F)c2F)c1. The van der Waals surface area contributed by atoms with Crippen molar-refractivity contribution in [2.75, 3.05) is 0 Å². The lowest BCUT2D eigenvalue weighted by molar-refractivity contribution is 0.112. The van der Waals surface area contributed by atoms with Gasteiger partial charge >= 0.3 is 0 Å². The standard InChI is InChI=1S/C13H7F3O/c14-10-5-11(13(16)12(15)6-10)9-3-1-2-8(4-9)7-17/h1-7H. The molecule has 0 aliphatic carbocycles. The van der Waals surface area contributed by atoms with Gasteiger partial charge in [0.15, 0.2) is 11.6 Å². The van der Waals surface area contributed by atoms with Crippen molar-refractivity contribution in [3.05, 3.63) is 59.4 Å². The van der Waals surface area contributed by atoms with Gasteiger partial charge in [-0.05, 0) is 17.7 Å². The van der Waals surface area contributed by atoms with Crippen molar-refractivity contribution >= 4 is 6.29 Å². The third-order valence-corrected chi connectivity index (χ3v) is 2.33. The number of halogens is 3. The number of hydrogen-bond donors (Lipinski definition) is 0. The molecule has 0 amide bonds. The lowest BCUT2D eigenvalue weighted by atomic mass is 10.0. The minimum atomic E-state index is -1.25. The topological polar surface area (TPSA) is 17.1 Å². The summed E-state index contributed by atoms with van der Waals surface area (Å²) in [5.74, 6) is -3.25. The summed E-state index contributed by atoms with van der Waals surface area (Å²) in [5, 5.41) is 0. The Bertz CT molecular complexity index is 579. The van der Waals surface area contributed by atoms with E-state index in [1.54, 1.807) is 0 Å². The average molecular weight is 236 g/mol. The molecule has 0 N–H and O–H groups in total. The predicted octanol–water partition coefficient (Wildman–Crippen LogP) is 3.58. The van der Waals surface area contributed by atoms with Gasteiger partial charge < -0.3 is 0 Å². The molecule has 0 aromatic heterocycles. The van der Waals surface area contributed by atoms with Gasteiger partial charge in [0.05, 0.1) is 0 Å². The Kier molecular flexibility index (Phi) is 2.95. The van der Waals surface area contributed by atoms with Crippen molar-refractivity contribution in [2.24, 2.45) is 0 Å². The average Bonchev–Trinajstić information content (AvgIpc) is 2.34. The highest BCUT2D eigenvalue weighted by molar-refractivity contribution is 5.79. The highest BCUT2D eigenvalue weighted by atomic mass is 19.2. The molecule has 0 aliphatic heterocycles. The quantitative estimate of drug-likeness (QED) is 0.575. The van der Waals surface area contributed by atoms with Crippen LogP contribution < -0.4 is 0 Å². The van der Waals surface area contributed by atoms with E-state index < -0.39 is 17.5 Å². The molecule has 0 fully saturated rings. The van der Waals surface area contributed by atoms with Crippen LogP contribution in [0.25, 0.3) is 11.1 Å². The van der Waals surface area contributed by atoms with Gasteiger partial charge in [0.2, 0.25) is 0 Å². The summed E-state index contributed by atoms with van der Waals surface area (Å²) in [6.45, 7) is 0. The van der Waals surface area contributed by atoms with Crippen LogP contribution in [0.4, 0.5) is 13.2 Å². The summed E-state index contributed by atoms with van der Waals surface area (Å²) in [4.78, 5) is 10.6. The van der Waals surface area contributed by atoms with E-state index in [0.717, 1.165) is 6.07 Å². The zero-order valence-electron chi connectivity index (χ0n) is 8.58. The molecular weight excluding hydrogens is 229 g/mol. The van der Waals surface area contributed by atoms with Crippen LogP contribution in [0, 0.1) is 17.5 Å². The molecule has 2 rings (SSSR count). The molecule has 0 radical (unpaired) electrons. The minimum absolute atomic E-state index is 0.203. The summed E-state index contributed by atoms with van der Waals surface area (Å²) < 4.78 is 39.5. The largest absolute Gasteiger partial charge is 0.298 e. The molecule has 0 spiro atoms. The summed E-state index contributed by atoms with van der Waals surface area (Å²) >= 11 is 0. The van der Waals surface area contributed by atoms with E-state index >= 15 is 0 Å². The summed E-state index contributed by atoms with van der Waals surface area (Å²) in [6.07, 6.45) is 0.580. The lowest BCUT2D eigenvalue weighted by Crippen LogP contribution is -1.93. The van der Waals surface area contributed by atoms with E-state index in [2.05, 4.69) is 0 Å². The van der Waals surface area contributed by atoms with Crippen LogP contribution in [0.15, 0.2) is 36.4 Å². The van der Waals surface area contributed by atoms with Crippen molar-refractivity contribution in [1.29, 1.82) is 0 Å². The fraction of sp³-hybridized carbons (Fsp3) is 0. The third-order valence-electron chi connectivity index (χ3n) is 2.33. The van der Waals surface area contributed by atoms with Gasteiger partial charge in [-0.25, -0.2) is 13.2 Å². The molecule has 0 atom stereocenters. The number of benzene rings is 2. The Morgan fingerprint density at radius 1 is 1.00 bits per heavy atom. The van der Waals surface area contributed by atoms with Gasteiger partial charge in [0, 0.05) is 17.2 Å². The van der Waals surface area contributed by atoms with E-state index in [4.69, 9.17) is 0 Å². The summed E-state index contributed by atoms with van der Waals surface area (Å²) in [5.41, 5.74) is 0.364. The molecule has 0 bridgehead atoms. The Balaban J connectivity index is 2.63. The van der Waals surface area contributed by atoms with E-state index in [-0.39, 0.29) is 11.1 Å². The maximum Gasteiger partial charge on any atom is 0.166 e. The number of hydrogen-bond acceptors (Lipinski definition) is 1. The zero-order valence-corrected chi connectivity index (χ0v) is 8.58. The summed E-state index contributed by atoms with van der Waals surface area (Å²) in [6, 6.07) is 7.24. The van der Waals surface area contributed by atoms with Gasteiger partial charge in [0.1, 0.15) is 12.1 Å². The van der Waals surface area contributed by atoms with Crippen LogP contribution in [-0.2, 0) is 0 Å². The first-order valence-corrected chi connectivity index (χ1v) is 4.82. The van der Waals surface area contributed by atoms with Crippen LogP contribution in [0.1, 0.15) is 10.4 Å².